The number of carboxylic acid groups (broad SMARTS) is 1. The lowest BCUT2D eigenvalue weighted by Gasteiger charge is -2.08. The number of nitro benzene ring substituents is 2. The third-order valence-electron chi connectivity index (χ3n) is 3.93. The van der Waals surface area contributed by atoms with Crippen LogP contribution < -0.4 is 10.2 Å². The van der Waals surface area contributed by atoms with Crippen LogP contribution in [0.4, 0.5) is 17.1 Å². The number of hydrogen-bond donors (Lipinski definition) is 3. The van der Waals surface area contributed by atoms with E-state index in [1.54, 1.807) is 0 Å². The Hall–Kier alpha value is -4.00. The van der Waals surface area contributed by atoms with Crippen molar-refractivity contribution in [3.63, 3.8) is 0 Å². The molecule has 0 radical (unpaired) electrons. The number of carboxylic acids is 1. The van der Waals surface area contributed by atoms with Gasteiger partial charge < -0.3 is 14.9 Å². The molecular weight excluding hydrogens is 480 g/mol. The molecule has 31 heavy (non-hydrogen) atoms. The van der Waals surface area contributed by atoms with E-state index >= 15 is 0 Å². The number of methoxy groups -OCH3 is 1. The van der Waals surface area contributed by atoms with Crippen LogP contribution in [0.2, 0.25) is 0 Å². The highest BCUT2D eigenvalue weighted by Gasteiger charge is 2.20. The molecule has 0 amide bonds. The molecule has 0 bridgehead atoms. The molecule has 0 spiro atoms. The predicted octanol–water partition coefficient (Wildman–Crippen LogP) is 3.94. The molecule has 2 rings (SSSR count). The molecular formula is C18H15BrN4O8. The van der Waals surface area contributed by atoms with Crippen molar-refractivity contribution in [2.75, 3.05) is 12.5 Å². The molecule has 0 saturated heterocycles. The first-order valence-electron chi connectivity index (χ1n) is 8.30. The van der Waals surface area contributed by atoms with Crippen LogP contribution in [-0.2, 0) is 4.79 Å². The third-order valence-corrected chi connectivity index (χ3v) is 4.54. The molecule has 162 valence electrons. The van der Waals surface area contributed by atoms with E-state index in [-0.39, 0.29) is 32.9 Å². The Morgan fingerprint density at radius 3 is 2.45 bits per heavy atom. The highest BCUT2D eigenvalue weighted by Crippen LogP contribution is 2.36. The molecule has 2 aromatic rings. The van der Waals surface area contributed by atoms with Crippen LogP contribution in [-0.4, -0.2) is 38.9 Å². The summed E-state index contributed by atoms with van der Waals surface area (Å²) in [6, 6.07) is 5.78. The maximum Gasteiger partial charge on any atom is 0.337 e. The molecule has 0 aromatic heterocycles. The van der Waals surface area contributed by atoms with Crippen LogP contribution >= 0.6 is 15.9 Å². The fourth-order valence-electron chi connectivity index (χ4n) is 2.40. The lowest BCUT2D eigenvalue weighted by Crippen LogP contribution is -2.11. The summed E-state index contributed by atoms with van der Waals surface area (Å²) in [6.07, 6.45) is 1.26. The van der Waals surface area contributed by atoms with Crippen LogP contribution in [0.1, 0.15) is 12.5 Å². The topological polar surface area (TPSA) is 177 Å². The van der Waals surface area contributed by atoms with Crippen LogP contribution in [0.15, 0.2) is 45.5 Å². The average molecular weight is 495 g/mol. The minimum absolute atomic E-state index is 0.0386. The monoisotopic (exact) mass is 494 g/mol. The van der Waals surface area contributed by atoms with E-state index in [0.29, 0.717) is 5.56 Å². The van der Waals surface area contributed by atoms with Gasteiger partial charge in [-0.1, -0.05) is 0 Å². The maximum absolute atomic E-state index is 11.7. The van der Waals surface area contributed by atoms with Crippen molar-refractivity contribution in [3.05, 3.63) is 66.2 Å². The summed E-state index contributed by atoms with van der Waals surface area (Å²) in [7, 11) is 1.33. The normalized spacial score (nSPS) is 11.7. The quantitative estimate of drug-likeness (QED) is 0.212. The van der Waals surface area contributed by atoms with Crippen molar-refractivity contribution in [1.82, 2.24) is 0 Å². The van der Waals surface area contributed by atoms with Gasteiger partial charge in [-0.2, -0.15) is 5.10 Å². The van der Waals surface area contributed by atoms with E-state index in [0.717, 1.165) is 18.2 Å². The molecule has 13 heteroatoms. The number of halogens is 1. The third kappa shape index (κ3) is 5.54. The second-order valence-corrected chi connectivity index (χ2v) is 6.80. The van der Waals surface area contributed by atoms with E-state index in [9.17, 15) is 35.2 Å². The number of hydrogen-bond acceptors (Lipinski definition) is 9. The zero-order valence-corrected chi connectivity index (χ0v) is 17.6. The Labute approximate surface area is 182 Å². The SMILES string of the molecule is COc1cc(/C=C(C(=O)O)/C(C)=N\Nc2ccc([N+](=O)[O-])cc2[N+](=O)[O-])cc(Br)c1O. The summed E-state index contributed by atoms with van der Waals surface area (Å²) in [5.74, 6) is -1.38. The zero-order valence-electron chi connectivity index (χ0n) is 16.0. The van der Waals surface area contributed by atoms with Gasteiger partial charge in [0.25, 0.3) is 5.69 Å². The van der Waals surface area contributed by atoms with Gasteiger partial charge in [-0.25, -0.2) is 4.79 Å². The molecule has 0 aliphatic heterocycles. The minimum Gasteiger partial charge on any atom is -0.503 e. The van der Waals surface area contributed by atoms with Crippen molar-refractivity contribution >= 4 is 50.7 Å². The summed E-state index contributed by atoms with van der Waals surface area (Å²) in [6.45, 7) is 1.36. The van der Waals surface area contributed by atoms with Gasteiger partial charge in [0.05, 0.1) is 38.8 Å². The summed E-state index contributed by atoms with van der Waals surface area (Å²) in [4.78, 5) is 32.1. The lowest BCUT2D eigenvalue weighted by atomic mass is 10.1. The molecule has 0 heterocycles. The Kier molecular flexibility index (Phi) is 7.26. The van der Waals surface area contributed by atoms with Gasteiger partial charge in [0.2, 0.25) is 0 Å². The van der Waals surface area contributed by atoms with Gasteiger partial charge in [0.1, 0.15) is 5.69 Å². The summed E-state index contributed by atoms with van der Waals surface area (Å²) >= 11 is 3.14. The molecule has 12 nitrogen and oxygen atoms in total. The van der Waals surface area contributed by atoms with E-state index in [4.69, 9.17) is 4.74 Å². The molecule has 0 fully saturated rings. The number of carbonyl (C=O) groups is 1. The number of nitrogens with one attached hydrogen (secondary N) is 1. The molecule has 3 N–H and O–H groups in total. The zero-order chi connectivity index (χ0) is 23.3. The number of rotatable bonds is 8. The number of nitro groups is 2. The average Bonchev–Trinajstić information content (AvgIpc) is 2.71. The second-order valence-electron chi connectivity index (χ2n) is 5.94. The molecule has 2 aromatic carbocycles. The van der Waals surface area contributed by atoms with Gasteiger partial charge >= 0.3 is 11.7 Å². The number of aliphatic carboxylic acids is 1. The number of ether oxygens (including phenoxy) is 1. The second kappa shape index (κ2) is 9.67. The number of phenolic OH excluding ortho intramolecular Hbond substituents is 1. The van der Waals surface area contributed by atoms with Crippen LogP contribution in [0.5, 0.6) is 11.5 Å². The van der Waals surface area contributed by atoms with Crippen molar-refractivity contribution < 1.29 is 29.6 Å². The molecule has 0 aliphatic rings. The van der Waals surface area contributed by atoms with Gasteiger partial charge in [-0.05, 0) is 52.7 Å². The van der Waals surface area contributed by atoms with Gasteiger partial charge in [0.15, 0.2) is 11.5 Å². The number of aromatic hydroxyl groups is 1. The Morgan fingerprint density at radius 2 is 1.90 bits per heavy atom. The van der Waals surface area contributed by atoms with Crippen molar-refractivity contribution in [3.8, 4) is 11.5 Å². The van der Waals surface area contributed by atoms with Crippen LogP contribution in [0.25, 0.3) is 6.08 Å². The fraction of sp³-hybridized carbons (Fsp3) is 0.111. The maximum atomic E-state index is 11.7. The minimum atomic E-state index is -1.33. The van der Waals surface area contributed by atoms with E-state index in [2.05, 4.69) is 26.5 Å². The number of hydrazone groups is 1. The van der Waals surface area contributed by atoms with E-state index < -0.39 is 27.2 Å². The summed E-state index contributed by atoms with van der Waals surface area (Å²) in [5.41, 5.74) is 1.22. The highest BCUT2D eigenvalue weighted by atomic mass is 79.9. The molecule has 0 unspecified atom stereocenters. The Morgan fingerprint density at radius 1 is 1.23 bits per heavy atom. The fourth-order valence-corrected chi connectivity index (χ4v) is 2.86. The smallest absolute Gasteiger partial charge is 0.337 e. The van der Waals surface area contributed by atoms with Gasteiger partial charge in [0, 0.05) is 6.07 Å². The van der Waals surface area contributed by atoms with Crippen LogP contribution in [0.3, 0.4) is 0 Å². The van der Waals surface area contributed by atoms with Crippen molar-refractivity contribution in [2.45, 2.75) is 6.92 Å². The largest absolute Gasteiger partial charge is 0.503 e. The number of anilines is 1. The number of non-ortho nitro benzene ring substituents is 1. The first-order valence-corrected chi connectivity index (χ1v) is 9.09. The van der Waals surface area contributed by atoms with Gasteiger partial charge in [-0.15, -0.1) is 0 Å². The number of nitrogens with zero attached hydrogens (tertiary/aromatic N) is 3. The van der Waals surface area contributed by atoms with E-state index in [1.165, 1.54) is 32.2 Å². The van der Waals surface area contributed by atoms with Gasteiger partial charge in [-0.3, -0.25) is 25.7 Å². The Balaban J connectivity index is 2.43. The van der Waals surface area contributed by atoms with Crippen LogP contribution in [0, 0.1) is 20.2 Å². The van der Waals surface area contributed by atoms with Crippen molar-refractivity contribution in [2.24, 2.45) is 5.10 Å². The standard InChI is InChI=1S/C18H15BrN4O8/c1-9(20-21-14-4-3-11(22(27)28)8-15(14)23(29)30)12(18(25)26)5-10-6-13(19)17(24)16(7-10)31-2/h3-8,21,24H,1-2H3,(H,25,26)/b12-5-,20-9-. The first-order chi connectivity index (χ1) is 14.5. The Bertz CT molecular complexity index is 1130. The first kappa shape index (κ1) is 23.3. The van der Waals surface area contributed by atoms with E-state index in [1.807, 2.05) is 0 Å². The summed E-state index contributed by atoms with van der Waals surface area (Å²) in [5, 5.41) is 45.3. The van der Waals surface area contributed by atoms with Crippen molar-refractivity contribution in [1.29, 1.82) is 0 Å². The lowest BCUT2D eigenvalue weighted by molar-refractivity contribution is -0.393. The summed E-state index contributed by atoms with van der Waals surface area (Å²) < 4.78 is 5.30. The molecule has 0 atom stereocenters. The predicted molar refractivity (Wildman–Crippen MR) is 114 cm³/mol. The molecule has 0 aliphatic carbocycles. The number of phenols is 1. The number of benzene rings is 2. The highest BCUT2D eigenvalue weighted by molar-refractivity contribution is 9.10. The molecule has 0 saturated carbocycles.